The second-order valence-corrected chi connectivity index (χ2v) is 6.47. The second-order valence-electron chi connectivity index (χ2n) is 6.47. The first-order valence-electron chi connectivity index (χ1n) is 8.75. The van der Waals surface area contributed by atoms with Crippen molar-refractivity contribution in [3.63, 3.8) is 0 Å². The summed E-state index contributed by atoms with van der Waals surface area (Å²) in [5, 5.41) is 20.2. The zero-order valence-electron chi connectivity index (χ0n) is 15.1. The average molecular weight is 372 g/mol. The fraction of sp³-hybridized carbons (Fsp3) is 0.0435. The molecule has 0 fully saturated rings. The van der Waals surface area contributed by atoms with Crippen molar-refractivity contribution in [1.29, 1.82) is 0 Å². The van der Waals surface area contributed by atoms with E-state index in [0.29, 0.717) is 33.9 Å². The van der Waals surface area contributed by atoms with Crippen LogP contribution >= 0.6 is 0 Å². The Morgan fingerprint density at radius 2 is 1.25 bits per heavy atom. The Kier molecular flexibility index (Phi) is 4.49. The van der Waals surface area contributed by atoms with Crippen LogP contribution in [0.4, 0.5) is 4.39 Å². The lowest BCUT2D eigenvalue weighted by molar-refractivity contribution is 0.434. The number of benzene rings is 2. The van der Waals surface area contributed by atoms with Gasteiger partial charge in [-0.25, -0.2) is 14.4 Å². The Hall–Kier alpha value is -3.73. The fourth-order valence-electron chi connectivity index (χ4n) is 3.04. The van der Waals surface area contributed by atoms with Crippen LogP contribution in [0.2, 0.25) is 0 Å². The Bertz CT molecular complexity index is 1170. The molecule has 0 aliphatic carbocycles. The number of rotatable bonds is 3. The first kappa shape index (κ1) is 17.7. The highest BCUT2D eigenvalue weighted by molar-refractivity contribution is 5.72. The van der Waals surface area contributed by atoms with Gasteiger partial charge in [0.05, 0.1) is 22.8 Å². The van der Waals surface area contributed by atoms with Gasteiger partial charge in [0.2, 0.25) is 0 Å². The third-order valence-electron chi connectivity index (χ3n) is 4.45. The fourth-order valence-corrected chi connectivity index (χ4v) is 3.04. The molecule has 0 unspecified atom stereocenters. The topological polar surface area (TPSA) is 66.2 Å². The zero-order valence-corrected chi connectivity index (χ0v) is 15.1. The van der Waals surface area contributed by atoms with Crippen molar-refractivity contribution < 1.29 is 14.6 Å². The van der Waals surface area contributed by atoms with Crippen molar-refractivity contribution in [2.75, 3.05) is 0 Å². The molecule has 0 spiro atoms. The number of para-hydroxylation sites is 1. The summed E-state index contributed by atoms with van der Waals surface area (Å²) in [7, 11) is 0. The summed E-state index contributed by atoms with van der Waals surface area (Å²) < 4.78 is 13.7. The first-order valence-corrected chi connectivity index (χ1v) is 8.75. The van der Waals surface area contributed by atoms with Crippen LogP contribution in [-0.4, -0.2) is 20.2 Å². The van der Waals surface area contributed by atoms with Crippen LogP contribution in [0.1, 0.15) is 5.56 Å². The van der Waals surface area contributed by atoms with E-state index in [2.05, 4.69) is 9.97 Å². The molecule has 0 saturated carbocycles. The monoisotopic (exact) mass is 372 g/mol. The largest absolute Gasteiger partial charge is 0.507 e. The zero-order chi connectivity index (χ0) is 19.7. The maximum Gasteiger partial charge on any atom is 0.165 e. The molecule has 0 aliphatic heterocycles. The molecule has 2 N–H and O–H groups in total. The predicted molar refractivity (Wildman–Crippen MR) is 106 cm³/mol. The lowest BCUT2D eigenvalue weighted by Gasteiger charge is -2.09. The third-order valence-corrected chi connectivity index (χ3v) is 4.45. The van der Waals surface area contributed by atoms with Crippen molar-refractivity contribution in [3.8, 4) is 45.4 Å². The van der Waals surface area contributed by atoms with Crippen molar-refractivity contribution in [2.24, 2.45) is 0 Å². The molecular weight excluding hydrogens is 355 g/mol. The van der Waals surface area contributed by atoms with Gasteiger partial charge >= 0.3 is 0 Å². The first-order chi connectivity index (χ1) is 13.5. The normalized spacial score (nSPS) is 10.8. The van der Waals surface area contributed by atoms with Crippen molar-refractivity contribution >= 4 is 0 Å². The summed E-state index contributed by atoms with van der Waals surface area (Å²) in [4.78, 5) is 9.15. The summed E-state index contributed by atoms with van der Waals surface area (Å²) in [5.41, 5.74) is 4.16. The molecule has 0 aliphatic rings. The number of nitrogens with zero attached hydrogens (tertiary/aromatic N) is 2. The minimum Gasteiger partial charge on any atom is -0.507 e. The van der Waals surface area contributed by atoms with Crippen molar-refractivity contribution in [2.45, 2.75) is 6.92 Å². The van der Waals surface area contributed by atoms with Gasteiger partial charge in [0, 0.05) is 11.1 Å². The van der Waals surface area contributed by atoms with Crippen LogP contribution in [0.25, 0.3) is 33.9 Å². The molecule has 4 aromatic rings. The van der Waals surface area contributed by atoms with E-state index in [1.54, 1.807) is 30.3 Å². The molecule has 2 aromatic carbocycles. The van der Waals surface area contributed by atoms with Gasteiger partial charge in [0.25, 0.3) is 0 Å². The Morgan fingerprint density at radius 3 is 1.89 bits per heavy atom. The highest BCUT2D eigenvalue weighted by Gasteiger charge is 2.12. The number of halogens is 1. The smallest absolute Gasteiger partial charge is 0.165 e. The molecule has 0 radical (unpaired) electrons. The molecule has 0 atom stereocenters. The minimum absolute atomic E-state index is 0.163. The number of aromatic nitrogens is 2. The average Bonchev–Trinajstić information content (AvgIpc) is 2.70. The second kappa shape index (κ2) is 7.12. The van der Waals surface area contributed by atoms with Gasteiger partial charge < -0.3 is 10.2 Å². The molecule has 0 saturated heterocycles. The van der Waals surface area contributed by atoms with E-state index in [0.717, 1.165) is 5.56 Å². The van der Waals surface area contributed by atoms with E-state index in [1.807, 2.05) is 37.3 Å². The molecular formula is C23H17FN2O2. The van der Waals surface area contributed by atoms with Gasteiger partial charge in [-0.2, -0.15) is 0 Å². The van der Waals surface area contributed by atoms with Crippen LogP contribution in [0, 0.1) is 12.7 Å². The lowest BCUT2D eigenvalue weighted by Crippen LogP contribution is -1.93. The highest BCUT2D eigenvalue weighted by atomic mass is 19.1. The Labute approximate surface area is 161 Å². The van der Waals surface area contributed by atoms with E-state index < -0.39 is 11.6 Å². The third kappa shape index (κ3) is 3.30. The highest BCUT2D eigenvalue weighted by Crippen LogP contribution is 2.32. The molecule has 138 valence electrons. The molecule has 5 heteroatoms. The molecule has 2 aromatic heterocycles. The van der Waals surface area contributed by atoms with Gasteiger partial charge in [0.1, 0.15) is 5.75 Å². The van der Waals surface area contributed by atoms with Gasteiger partial charge in [-0.1, -0.05) is 24.3 Å². The SMILES string of the molecule is Cc1ccc(-c2cccc(-c3cccc(-c4cccc(F)c4O)n3)n2)c(O)c1. The molecule has 0 bridgehead atoms. The van der Waals surface area contributed by atoms with Crippen LogP contribution in [-0.2, 0) is 0 Å². The number of phenolic OH excluding ortho intramolecular Hbond substituents is 2. The Morgan fingerprint density at radius 1 is 0.679 bits per heavy atom. The minimum atomic E-state index is -0.695. The number of hydrogen-bond acceptors (Lipinski definition) is 4. The van der Waals surface area contributed by atoms with E-state index in [1.165, 1.54) is 12.1 Å². The summed E-state index contributed by atoms with van der Waals surface area (Å²) in [5.74, 6) is -0.964. The molecule has 0 amide bonds. The summed E-state index contributed by atoms with van der Waals surface area (Å²) >= 11 is 0. The maximum atomic E-state index is 13.7. The quantitative estimate of drug-likeness (QED) is 0.510. The number of hydrogen-bond donors (Lipinski definition) is 2. The number of aromatic hydroxyl groups is 2. The summed E-state index contributed by atoms with van der Waals surface area (Å²) in [6.07, 6.45) is 0. The van der Waals surface area contributed by atoms with Crippen LogP contribution in [0.5, 0.6) is 11.5 Å². The summed E-state index contributed by atoms with van der Waals surface area (Å²) in [6, 6.07) is 20.5. The van der Waals surface area contributed by atoms with Gasteiger partial charge in [-0.3, -0.25) is 0 Å². The van der Waals surface area contributed by atoms with E-state index >= 15 is 0 Å². The van der Waals surface area contributed by atoms with Gasteiger partial charge in [-0.15, -0.1) is 0 Å². The Balaban J connectivity index is 1.77. The van der Waals surface area contributed by atoms with Crippen molar-refractivity contribution in [3.05, 3.63) is 84.2 Å². The molecule has 4 nitrogen and oxygen atoms in total. The van der Waals surface area contributed by atoms with E-state index in [4.69, 9.17) is 0 Å². The number of pyridine rings is 2. The van der Waals surface area contributed by atoms with E-state index in [-0.39, 0.29) is 5.75 Å². The van der Waals surface area contributed by atoms with Crippen LogP contribution in [0.15, 0.2) is 72.8 Å². The summed E-state index contributed by atoms with van der Waals surface area (Å²) in [6.45, 7) is 1.91. The van der Waals surface area contributed by atoms with Gasteiger partial charge in [-0.05, 0) is 61.0 Å². The molecule has 28 heavy (non-hydrogen) atoms. The lowest BCUT2D eigenvalue weighted by atomic mass is 10.1. The molecule has 2 heterocycles. The maximum absolute atomic E-state index is 13.7. The number of aryl methyl sites for hydroxylation is 1. The standard InChI is InChI=1S/C23H17FN2O2/c1-14-11-12-15(22(27)13-14)18-7-3-9-20(25-18)21-10-4-8-19(26-21)16-5-2-6-17(24)23(16)28/h2-13,27-28H,1H3. The van der Waals surface area contributed by atoms with Crippen molar-refractivity contribution in [1.82, 2.24) is 9.97 Å². The molecule has 4 rings (SSSR count). The van der Waals surface area contributed by atoms with Gasteiger partial charge in [0.15, 0.2) is 11.6 Å². The van der Waals surface area contributed by atoms with Crippen LogP contribution < -0.4 is 0 Å². The number of phenols is 2. The van der Waals surface area contributed by atoms with E-state index in [9.17, 15) is 14.6 Å². The predicted octanol–water partition coefficient (Wildman–Crippen LogP) is 5.34. The van der Waals surface area contributed by atoms with Crippen LogP contribution in [0.3, 0.4) is 0 Å².